The third kappa shape index (κ3) is 2.22. The molecular formula is C13H12F2N4O2. The van der Waals surface area contributed by atoms with E-state index in [1.165, 1.54) is 11.9 Å². The fourth-order valence-corrected chi connectivity index (χ4v) is 2.28. The predicted molar refractivity (Wildman–Crippen MR) is 69.6 cm³/mol. The maximum absolute atomic E-state index is 13.1. The van der Waals surface area contributed by atoms with Crippen molar-refractivity contribution in [1.82, 2.24) is 14.8 Å². The van der Waals surface area contributed by atoms with Gasteiger partial charge >= 0.3 is 0 Å². The lowest BCUT2D eigenvalue weighted by molar-refractivity contribution is 0.0958. The van der Waals surface area contributed by atoms with Gasteiger partial charge in [-0.15, -0.1) is 0 Å². The Morgan fingerprint density at radius 1 is 1.48 bits per heavy atom. The van der Waals surface area contributed by atoms with E-state index in [-0.39, 0.29) is 18.7 Å². The highest BCUT2D eigenvalue weighted by molar-refractivity contribution is 6.07. The number of carbonyl (C=O) groups excluding carboxylic acids is 1. The van der Waals surface area contributed by atoms with Gasteiger partial charge in [-0.05, 0) is 12.1 Å². The number of anilines is 1. The van der Waals surface area contributed by atoms with Crippen LogP contribution >= 0.6 is 0 Å². The number of aryl methyl sites for hydroxylation is 1. The van der Waals surface area contributed by atoms with Crippen molar-refractivity contribution in [3.63, 3.8) is 0 Å². The molecule has 21 heavy (non-hydrogen) atoms. The molecule has 0 unspecified atom stereocenters. The minimum Gasteiger partial charge on any atom is -0.474 e. The molecule has 1 amide bonds. The van der Waals surface area contributed by atoms with Gasteiger partial charge in [0.25, 0.3) is 12.3 Å². The molecule has 0 aromatic carbocycles. The summed E-state index contributed by atoms with van der Waals surface area (Å²) in [5.74, 6) is -0.212. The van der Waals surface area contributed by atoms with E-state index < -0.39 is 18.0 Å². The van der Waals surface area contributed by atoms with Crippen LogP contribution in [0.2, 0.25) is 0 Å². The molecule has 1 aliphatic rings. The van der Waals surface area contributed by atoms with Gasteiger partial charge in [-0.2, -0.15) is 5.10 Å². The van der Waals surface area contributed by atoms with Crippen LogP contribution in [-0.4, -0.2) is 33.8 Å². The summed E-state index contributed by atoms with van der Waals surface area (Å²) >= 11 is 0. The Bertz CT molecular complexity index is 687. The molecule has 0 spiro atoms. The van der Waals surface area contributed by atoms with Gasteiger partial charge in [0.1, 0.15) is 18.0 Å². The van der Waals surface area contributed by atoms with Crippen LogP contribution in [0.4, 0.5) is 14.5 Å². The van der Waals surface area contributed by atoms with E-state index in [0.29, 0.717) is 11.6 Å². The van der Waals surface area contributed by atoms with Gasteiger partial charge in [0.15, 0.2) is 0 Å². The molecule has 0 saturated heterocycles. The van der Waals surface area contributed by atoms with E-state index in [1.807, 2.05) is 0 Å². The van der Waals surface area contributed by atoms with Crippen LogP contribution < -0.4 is 9.64 Å². The third-order valence-electron chi connectivity index (χ3n) is 3.26. The van der Waals surface area contributed by atoms with Crippen molar-refractivity contribution in [3.05, 3.63) is 35.8 Å². The second kappa shape index (κ2) is 5.12. The first kappa shape index (κ1) is 13.5. The van der Waals surface area contributed by atoms with Crippen LogP contribution in [0, 0.1) is 0 Å². The number of halogens is 2. The molecule has 6 nitrogen and oxygen atoms in total. The van der Waals surface area contributed by atoms with Crippen molar-refractivity contribution in [3.8, 4) is 5.88 Å². The summed E-state index contributed by atoms with van der Waals surface area (Å²) in [5, 5.41) is 3.75. The number of alkyl halides is 2. The van der Waals surface area contributed by atoms with Crippen molar-refractivity contribution >= 4 is 11.6 Å². The van der Waals surface area contributed by atoms with Gasteiger partial charge < -0.3 is 4.74 Å². The normalized spacial score (nSPS) is 14.0. The molecule has 0 atom stereocenters. The molecule has 8 heteroatoms. The summed E-state index contributed by atoms with van der Waals surface area (Å²) in [6, 6.07) is 3.32. The lowest BCUT2D eigenvalue weighted by atomic mass is 10.2. The summed E-state index contributed by atoms with van der Waals surface area (Å²) in [5.41, 5.74) is -0.0287. The molecule has 0 N–H and O–H groups in total. The van der Waals surface area contributed by atoms with E-state index in [9.17, 15) is 13.6 Å². The number of ether oxygens (including phenoxy) is 1. The van der Waals surface area contributed by atoms with Crippen LogP contribution in [-0.2, 0) is 7.05 Å². The maximum atomic E-state index is 13.1. The number of rotatable bonds is 2. The van der Waals surface area contributed by atoms with E-state index in [2.05, 4.69) is 10.1 Å². The number of aromatic nitrogens is 3. The molecule has 0 radical (unpaired) electrons. The van der Waals surface area contributed by atoms with Crippen molar-refractivity contribution in [2.75, 3.05) is 18.1 Å². The molecule has 0 bridgehead atoms. The van der Waals surface area contributed by atoms with E-state index in [0.717, 1.165) is 10.9 Å². The Hall–Kier alpha value is -2.51. The molecule has 0 saturated carbocycles. The van der Waals surface area contributed by atoms with E-state index >= 15 is 0 Å². The highest BCUT2D eigenvalue weighted by Gasteiger charge is 2.30. The minimum absolute atomic E-state index is 0.107. The molecule has 0 aliphatic carbocycles. The largest absolute Gasteiger partial charge is 0.474 e. The van der Waals surface area contributed by atoms with Crippen LogP contribution in [0.25, 0.3) is 0 Å². The lowest BCUT2D eigenvalue weighted by Gasteiger charge is -2.28. The summed E-state index contributed by atoms with van der Waals surface area (Å²) in [6.45, 7) is 0.537. The van der Waals surface area contributed by atoms with Gasteiger partial charge in [0, 0.05) is 13.2 Å². The Labute approximate surface area is 119 Å². The standard InChI is InChI=1S/C13H12F2N4O2/c1-18-10(11(14)15)8(7-17-18)13(20)19-5-6-21-12-9(19)3-2-4-16-12/h2-4,7,11H,5-6H2,1H3. The first-order valence-electron chi connectivity index (χ1n) is 6.29. The van der Waals surface area contributed by atoms with Crippen molar-refractivity contribution in [2.45, 2.75) is 6.43 Å². The summed E-state index contributed by atoms with van der Waals surface area (Å²) in [4.78, 5) is 18.0. The Balaban J connectivity index is 2.01. The maximum Gasteiger partial charge on any atom is 0.280 e. The predicted octanol–water partition coefficient (Wildman–Crippen LogP) is 1.79. The summed E-state index contributed by atoms with van der Waals surface area (Å²) in [6.07, 6.45) is -0.0672. The molecule has 2 aromatic heterocycles. The highest BCUT2D eigenvalue weighted by Crippen LogP contribution is 2.31. The smallest absolute Gasteiger partial charge is 0.280 e. The van der Waals surface area contributed by atoms with E-state index in [4.69, 9.17) is 4.74 Å². The molecule has 0 fully saturated rings. The van der Waals surface area contributed by atoms with Gasteiger partial charge in [0.05, 0.1) is 18.3 Å². The Kier molecular flexibility index (Phi) is 3.28. The third-order valence-corrected chi connectivity index (χ3v) is 3.26. The molecule has 3 heterocycles. The number of hydrogen-bond donors (Lipinski definition) is 0. The van der Waals surface area contributed by atoms with Gasteiger partial charge in [-0.3, -0.25) is 14.4 Å². The molecule has 2 aromatic rings. The number of amides is 1. The van der Waals surface area contributed by atoms with Gasteiger partial charge in [-0.1, -0.05) is 0 Å². The summed E-state index contributed by atoms with van der Waals surface area (Å²) in [7, 11) is 1.38. The van der Waals surface area contributed by atoms with Gasteiger partial charge in [0.2, 0.25) is 5.88 Å². The zero-order valence-corrected chi connectivity index (χ0v) is 11.2. The second-order valence-corrected chi connectivity index (χ2v) is 4.50. The number of nitrogens with zero attached hydrogens (tertiary/aromatic N) is 4. The quantitative estimate of drug-likeness (QED) is 0.847. The van der Waals surface area contributed by atoms with Crippen molar-refractivity contribution < 1.29 is 18.3 Å². The number of carbonyl (C=O) groups is 1. The van der Waals surface area contributed by atoms with E-state index in [1.54, 1.807) is 18.3 Å². The van der Waals surface area contributed by atoms with Crippen molar-refractivity contribution in [1.29, 1.82) is 0 Å². The molecule has 3 rings (SSSR count). The summed E-state index contributed by atoms with van der Waals surface area (Å²) < 4.78 is 32.5. The first-order chi connectivity index (χ1) is 10.1. The molecule has 1 aliphatic heterocycles. The average molecular weight is 294 g/mol. The van der Waals surface area contributed by atoms with Crippen LogP contribution in [0.5, 0.6) is 5.88 Å². The van der Waals surface area contributed by atoms with Crippen LogP contribution in [0.15, 0.2) is 24.5 Å². The highest BCUT2D eigenvalue weighted by atomic mass is 19.3. The number of hydrogen-bond acceptors (Lipinski definition) is 4. The fraction of sp³-hybridized carbons (Fsp3) is 0.308. The Morgan fingerprint density at radius 2 is 2.29 bits per heavy atom. The zero-order chi connectivity index (χ0) is 15.0. The number of fused-ring (bicyclic) bond motifs is 1. The minimum atomic E-state index is -2.77. The second-order valence-electron chi connectivity index (χ2n) is 4.50. The molecule has 110 valence electrons. The fourth-order valence-electron chi connectivity index (χ4n) is 2.28. The van der Waals surface area contributed by atoms with Crippen LogP contribution in [0.1, 0.15) is 22.5 Å². The Morgan fingerprint density at radius 3 is 3.05 bits per heavy atom. The zero-order valence-electron chi connectivity index (χ0n) is 11.2. The lowest BCUT2D eigenvalue weighted by Crippen LogP contribution is -2.38. The van der Waals surface area contributed by atoms with Crippen LogP contribution in [0.3, 0.4) is 0 Å². The SMILES string of the molecule is Cn1ncc(C(=O)N2CCOc3ncccc32)c1C(F)F. The van der Waals surface area contributed by atoms with Crippen molar-refractivity contribution in [2.24, 2.45) is 7.05 Å². The van der Waals surface area contributed by atoms with Gasteiger partial charge in [-0.25, -0.2) is 13.8 Å². The number of pyridine rings is 1. The molecular weight excluding hydrogens is 282 g/mol. The topological polar surface area (TPSA) is 60.2 Å². The monoisotopic (exact) mass is 294 g/mol. The first-order valence-corrected chi connectivity index (χ1v) is 6.29. The average Bonchev–Trinajstić information content (AvgIpc) is 2.88.